The number of nitrogens with zero attached hydrogens (tertiary/aromatic N) is 2. The first kappa shape index (κ1) is 26.7. The van der Waals surface area contributed by atoms with Gasteiger partial charge < -0.3 is 24.6 Å². The summed E-state index contributed by atoms with van der Waals surface area (Å²) in [6.45, 7) is 2.79. The highest BCUT2D eigenvalue weighted by molar-refractivity contribution is 6.42. The van der Waals surface area contributed by atoms with Crippen LogP contribution in [0, 0.1) is 0 Å². The van der Waals surface area contributed by atoms with Crippen LogP contribution < -0.4 is 4.74 Å². The van der Waals surface area contributed by atoms with Gasteiger partial charge in [-0.15, -0.1) is 0 Å². The topological polar surface area (TPSA) is 82.5 Å². The Kier molecular flexibility index (Phi) is 10.4. The van der Waals surface area contributed by atoms with Gasteiger partial charge in [-0.2, -0.15) is 0 Å². The SMILES string of the molecule is CN(C(=O)Cc1ccc(Cl)c(Cl)c1)C(CN1CCC(OCCO)C1)c1ccc(OCCO)cc1. The second-order valence-electron chi connectivity index (χ2n) is 8.35. The van der Waals surface area contributed by atoms with E-state index in [0.717, 1.165) is 30.6 Å². The molecule has 9 heteroatoms. The van der Waals surface area contributed by atoms with Gasteiger partial charge in [0.25, 0.3) is 0 Å². The lowest BCUT2D eigenvalue weighted by molar-refractivity contribution is -0.131. The molecule has 1 aliphatic rings. The first-order valence-corrected chi connectivity index (χ1v) is 12.1. The molecule has 1 aliphatic heterocycles. The summed E-state index contributed by atoms with van der Waals surface area (Å²) < 4.78 is 11.2. The maximum Gasteiger partial charge on any atom is 0.227 e. The van der Waals surface area contributed by atoms with E-state index < -0.39 is 0 Å². The van der Waals surface area contributed by atoms with Gasteiger partial charge in [0.05, 0.1) is 48.4 Å². The summed E-state index contributed by atoms with van der Waals surface area (Å²) in [6.07, 6.45) is 1.19. The van der Waals surface area contributed by atoms with Crippen molar-refractivity contribution in [2.24, 2.45) is 0 Å². The average molecular weight is 511 g/mol. The average Bonchev–Trinajstić information content (AvgIpc) is 3.29. The van der Waals surface area contributed by atoms with Gasteiger partial charge in [0.15, 0.2) is 0 Å². The number of aliphatic hydroxyl groups is 2. The molecule has 186 valence electrons. The molecule has 2 unspecified atom stereocenters. The Morgan fingerprint density at radius 1 is 1.12 bits per heavy atom. The summed E-state index contributed by atoms with van der Waals surface area (Å²) in [4.78, 5) is 17.3. The summed E-state index contributed by atoms with van der Waals surface area (Å²) in [5, 5.41) is 18.9. The molecule has 7 nitrogen and oxygen atoms in total. The summed E-state index contributed by atoms with van der Waals surface area (Å²) in [6, 6.07) is 12.7. The van der Waals surface area contributed by atoms with E-state index >= 15 is 0 Å². The Bertz CT molecular complexity index is 928. The number of aliphatic hydroxyl groups excluding tert-OH is 2. The number of rotatable bonds is 12. The standard InChI is InChI=1S/C25H32Cl2N2O5/c1-28(25(32)15-18-2-7-22(26)23(27)14-18)24(17-29-9-8-21(16-29)34-13-11-31)19-3-5-20(6-4-19)33-12-10-30/h2-7,14,21,24,30-31H,8-13,15-17H2,1H3. The van der Waals surface area contributed by atoms with E-state index in [9.17, 15) is 4.79 Å². The largest absolute Gasteiger partial charge is 0.491 e. The van der Waals surface area contributed by atoms with Gasteiger partial charge in [-0.1, -0.05) is 41.4 Å². The molecule has 1 amide bonds. The van der Waals surface area contributed by atoms with E-state index in [4.69, 9.17) is 42.9 Å². The van der Waals surface area contributed by atoms with Gasteiger partial charge in [-0.3, -0.25) is 9.69 Å². The number of hydrogen-bond donors (Lipinski definition) is 2. The zero-order valence-electron chi connectivity index (χ0n) is 19.3. The van der Waals surface area contributed by atoms with Gasteiger partial charge >= 0.3 is 0 Å². The Hall–Kier alpha value is -1.87. The minimum absolute atomic E-state index is 0.00970. The summed E-state index contributed by atoms with van der Waals surface area (Å²) in [5.41, 5.74) is 1.79. The zero-order chi connectivity index (χ0) is 24.5. The molecule has 0 bridgehead atoms. The second kappa shape index (κ2) is 13.3. The molecule has 0 spiro atoms. The van der Waals surface area contributed by atoms with Crippen molar-refractivity contribution < 1.29 is 24.5 Å². The number of carbonyl (C=O) groups is 1. The minimum Gasteiger partial charge on any atom is -0.491 e. The van der Waals surface area contributed by atoms with Gasteiger partial charge in [0, 0.05) is 26.7 Å². The lowest BCUT2D eigenvalue weighted by atomic mass is 10.0. The molecule has 34 heavy (non-hydrogen) atoms. The molecule has 2 aromatic carbocycles. The smallest absolute Gasteiger partial charge is 0.227 e. The number of likely N-dealkylation sites (tertiary alicyclic amines) is 1. The highest BCUT2D eigenvalue weighted by Crippen LogP contribution is 2.27. The molecule has 3 rings (SSSR count). The quantitative estimate of drug-likeness (QED) is 0.456. The Labute approximate surface area is 210 Å². The molecule has 1 heterocycles. The van der Waals surface area contributed by atoms with Crippen molar-refractivity contribution in [3.63, 3.8) is 0 Å². The van der Waals surface area contributed by atoms with Crippen molar-refractivity contribution in [1.29, 1.82) is 0 Å². The van der Waals surface area contributed by atoms with Crippen LogP contribution in [0.25, 0.3) is 0 Å². The summed E-state index contributed by atoms with van der Waals surface area (Å²) >= 11 is 12.1. The molecule has 2 N–H and O–H groups in total. The van der Waals surface area contributed by atoms with E-state index in [-0.39, 0.29) is 44.3 Å². The molecule has 1 fully saturated rings. The highest BCUT2D eigenvalue weighted by atomic mass is 35.5. The van der Waals surface area contributed by atoms with Gasteiger partial charge in [-0.05, 0) is 41.8 Å². The fraction of sp³-hybridized carbons (Fsp3) is 0.480. The first-order chi connectivity index (χ1) is 16.4. The normalized spacial score (nSPS) is 17.0. The summed E-state index contributed by atoms with van der Waals surface area (Å²) in [5.74, 6) is 0.635. The van der Waals surface area contributed by atoms with Gasteiger partial charge in [0.2, 0.25) is 5.91 Å². The first-order valence-electron chi connectivity index (χ1n) is 11.4. The van der Waals surface area contributed by atoms with E-state index in [0.29, 0.717) is 28.9 Å². The third-order valence-corrected chi connectivity index (χ3v) is 6.67. The Balaban J connectivity index is 1.74. The fourth-order valence-corrected chi connectivity index (χ4v) is 4.41. The van der Waals surface area contributed by atoms with Gasteiger partial charge in [0.1, 0.15) is 12.4 Å². The van der Waals surface area contributed by atoms with Crippen LogP contribution in [0.3, 0.4) is 0 Å². The van der Waals surface area contributed by atoms with Crippen molar-refractivity contribution in [3.05, 3.63) is 63.6 Å². The maximum atomic E-state index is 13.2. The minimum atomic E-state index is -0.182. The number of amides is 1. The van der Waals surface area contributed by atoms with Crippen LogP contribution in [-0.4, -0.2) is 85.1 Å². The van der Waals surface area contributed by atoms with Crippen LogP contribution >= 0.6 is 23.2 Å². The number of ether oxygens (including phenoxy) is 2. The number of likely N-dealkylation sites (N-methyl/N-ethyl adjacent to an activating group) is 1. The van der Waals surface area contributed by atoms with E-state index in [1.807, 2.05) is 37.4 Å². The summed E-state index contributed by atoms with van der Waals surface area (Å²) in [7, 11) is 1.82. The molecular formula is C25H32Cl2N2O5. The van der Waals surface area contributed by atoms with Crippen molar-refractivity contribution in [1.82, 2.24) is 9.80 Å². The van der Waals surface area contributed by atoms with Crippen LogP contribution in [0.1, 0.15) is 23.6 Å². The monoisotopic (exact) mass is 510 g/mol. The lowest BCUT2D eigenvalue weighted by Gasteiger charge is -2.32. The predicted octanol–water partition coefficient (Wildman–Crippen LogP) is 3.19. The van der Waals surface area contributed by atoms with Crippen molar-refractivity contribution >= 4 is 29.1 Å². The lowest BCUT2D eigenvalue weighted by Crippen LogP contribution is -2.39. The molecule has 0 saturated carbocycles. The van der Waals surface area contributed by atoms with Crippen LogP contribution in [-0.2, 0) is 16.0 Å². The molecule has 0 aromatic heterocycles. The molecular weight excluding hydrogens is 479 g/mol. The van der Waals surface area contributed by atoms with E-state index in [2.05, 4.69) is 4.90 Å². The molecule has 0 radical (unpaired) electrons. The van der Waals surface area contributed by atoms with Crippen LogP contribution in [0.4, 0.5) is 0 Å². The fourth-order valence-electron chi connectivity index (χ4n) is 4.09. The maximum absolute atomic E-state index is 13.2. The number of benzene rings is 2. The zero-order valence-corrected chi connectivity index (χ0v) is 20.8. The molecule has 2 aromatic rings. The van der Waals surface area contributed by atoms with Crippen LogP contribution in [0.15, 0.2) is 42.5 Å². The number of hydrogen-bond acceptors (Lipinski definition) is 6. The predicted molar refractivity (Wildman–Crippen MR) is 133 cm³/mol. The third-order valence-electron chi connectivity index (χ3n) is 5.93. The Morgan fingerprint density at radius 3 is 2.53 bits per heavy atom. The number of halogens is 2. The third kappa shape index (κ3) is 7.57. The molecule has 0 aliphatic carbocycles. The second-order valence-corrected chi connectivity index (χ2v) is 9.17. The highest BCUT2D eigenvalue weighted by Gasteiger charge is 2.29. The van der Waals surface area contributed by atoms with Crippen molar-refractivity contribution in [3.8, 4) is 5.75 Å². The van der Waals surface area contributed by atoms with Crippen LogP contribution in [0.5, 0.6) is 5.75 Å². The Morgan fingerprint density at radius 2 is 1.85 bits per heavy atom. The van der Waals surface area contributed by atoms with Crippen LogP contribution in [0.2, 0.25) is 10.0 Å². The molecule has 1 saturated heterocycles. The van der Waals surface area contributed by atoms with E-state index in [1.54, 1.807) is 17.0 Å². The van der Waals surface area contributed by atoms with Crippen molar-refractivity contribution in [2.45, 2.75) is 25.0 Å². The van der Waals surface area contributed by atoms with Gasteiger partial charge in [-0.25, -0.2) is 0 Å². The molecule has 2 atom stereocenters. The van der Waals surface area contributed by atoms with Crippen molar-refractivity contribution in [2.75, 3.05) is 53.1 Å². The number of carbonyl (C=O) groups excluding carboxylic acids is 1. The van der Waals surface area contributed by atoms with E-state index in [1.165, 1.54) is 0 Å².